The van der Waals surface area contributed by atoms with Gasteiger partial charge in [-0.3, -0.25) is 0 Å². The Morgan fingerprint density at radius 2 is 2.28 bits per heavy atom. The van der Waals surface area contributed by atoms with Crippen molar-refractivity contribution in [3.8, 4) is 0 Å². The van der Waals surface area contributed by atoms with Crippen LogP contribution in [0.2, 0.25) is 0 Å². The maximum absolute atomic E-state index is 11.8. The SMILES string of the molecule is C=C[C@H]1CN(C(=O)OCc2ccccc2)CCO1. The van der Waals surface area contributed by atoms with Crippen LogP contribution in [0.15, 0.2) is 43.0 Å². The van der Waals surface area contributed by atoms with E-state index >= 15 is 0 Å². The Kier molecular flexibility index (Phi) is 4.36. The van der Waals surface area contributed by atoms with Crippen molar-refractivity contribution >= 4 is 6.09 Å². The monoisotopic (exact) mass is 247 g/mol. The maximum Gasteiger partial charge on any atom is 0.410 e. The molecule has 4 heteroatoms. The van der Waals surface area contributed by atoms with Gasteiger partial charge in [0.15, 0.2) is 0 Å². The Morgan fingerprint density at radius 1 is 1.50 bits per heavy atom. The normalized spacial score (nSPS) is 19.3. The molecule has 0 bridgehead atoms. The van der Waals surface area contributed by atoms with E-state index in [0.717, 1.165) is 5.56 Å². The van der Waals surface area contributed by atoms with Gasteiger partial charge in [-0.1, -0.05) is 36.4 Å². The molecular formula is C14H17NO3. The highest BCUT2D eigenvalue weighted by atomic mass is 16.6. The second-order valence-corrected chi connectivity index (χ2v) is 4.13. The van der Waals surface area contributed by atoms with E-state index < -0.39 is 0 Å². The van der Waals surface area contributed by atoms with Crippen molar-refractivity contribution in [2.24, 2.45) is 0 Å². The molecule has 0 saturated carbocycles. The number of hydrogen-bond acceptors (Lipinski definition) is 3. The summed E-state index contributed by atoms with van der Waals surface area (Å²) in [6, 6.07) is 9.64. The molecule has 1 saturated heterocycles. The lowest BCUT2D eigenvalue weighted by molar-refractivity contribution is -0.00653. The number of ether oxygens (including phenoxy) is 2. The minimum absolute atomic E-state index is 0.0944. The van der Waals surface area contributed by atoms with Gasteiger partial charge in [0.05, 0.1) is 19.3 Å². The van der Waals surface area contributed by atoms with E-state index in [2.05, 4.69) is 6.58 Å². The second kappa shape index (κ2) is 6.21. The quantitative estimate of drug-likeness (QED) is 0.769. The Morgan fingerprint density at radius 3 is 3.00 bits per heavy atom. The van der Waals surface area contributed by atoms with Crippen LogP contribution < -0.4 is 0 Å². The number of carbonyl (C=O) groups is 1. The van der Waals surface area contributed by atoms with Gasteiger partial charge in [0.1, 0.15) is 6.61 Å². The summed E-state index contributed by atoms with van der Waals surface area (Å²) >= 11 is 0. The molecule has 0 unspecified atom stereocenters. The van der Waals surface area contributed by atoms with Crippen LogP contribution in [0.25, 0.3) is 0 Å². The summed E-state index contributed by atoms with van der Waals surface area (Å²) in [7, 11) is 0. The van der Waals surface area contributed by atoms with Crippen LogP contribution >= 0.6 is 0 Å². The van der Waals surface area contributed by atoms with Gasteiger partial charge in [-0.25, -0.2) is 4.79 Å². The fraction of sp³-hybridized carbons (Fsp3) is 0.357. The first-order valence-electron chi connectivity index (χ1n) is 5.99. The van der Waals surface area contributed by atoms with Crippen molar-refractivity contribution in [1.29, 1.82) is 0 Å². The minimum Gasteiger partial charge on any atom is -0.445 e. The highest BCUT2D eigenvalue weighted by Gasteiger charge is 2.23. The average Bonchev–Trinajstić information content (AvgIpc) is 2.46. The predicted octanol–water partition coefficient (Wildman–Crippen LogP) is 2.21. The van der Waals surface area contributed by atoms with Crippen molar-refractivity contribution in [3.05, 3.63) is 48.6 Å². The summed E-state index contributed by atoms with van der Waals surface area (Å²) in [4.78, 5) is 13.5. The fourth-order valence-corrected chi connectivity index (χ4v) is 1.79. The van der Waals surface area contributed by atoms with Gasteiger partial charge in [0.2, 0.25) is 0 Å². The summed E-state index contributed by atoms with van der Waals surface area (Å²) in [5.41, 5.74) is 0.986. The average molecular weight is 247 g/mol. The molecular weight excluding hydrogens is 230 g/mol. The number of morpholine rings is 1. The van der Waals surface area contributed by atoms with Gasteiger partial charge >= 0.3 is 6.09 Å². The zero-order valence-electron chi connectivity index (χ0n) is 10.2. The van der Waals surface area contributed by atoms with Gasteiger partial charge in [0, 0.05) is 6.54 Å². The standard InChI is InChI=1S/C14H17NO3/c1-2-13-10-15(8-9-17-13)14(16)18-11-12-6-4-3-5-7-12/h2-7,13H,1,8-11H2/t13-/m0/s1. The van der Waals surface area contributed by atoms with Crippen LogP contribution in [-0.4, -0.2) is 36.8 Å². The maximum atomic E-state index is 11.8. The molecule has 1 aromatic rings. The van der Waals surface area contributed by atoms with E-state index in [4.69, 9.17) is 9.47 Å². The molecule has 0 spiro atoms. The van der Waals surface area contributed by atoms with Gasteiger partial charge in [0.25, 0.3) is 0 Å². The summed E-state index contributed by atoms with van der Waals surface area (Å²) in [5.74, 6) is 0. The zero-order chi connectivity index (χ0) is 12.8. The Hall–Kier alpha value is -1.81. The number of rotatable bonds is 3. The van der Waals surface area contributed by atoms with Crippen LogP contribution in [0.3, 0.4) is 0 Å². The van der Waals surface area contributed by atoms with Gasteiger partial charge in [-0.15, -0.1) is 6.58 Å². The van der Waals surface area contributed by atoms with E-state index in [0.29, 0.717) is 26.3 Å². The van der Waals surface area contributed by atoms with Gasteiger partial charge in [-0.2, -0.15) is 0 Å². The first-order chi connectivity index (χ1) is 8.79. The van der Waals surface area contributed by atoms with E-state index in [1.165, 1.54) is 0 Å². The first-order valence-corrected chi connectivity index (χ1v) is 5.99. The number of hydrogen-bond donors (Lipinski definition) is 0. The molecule has 1 heterocycles. The predicted molar refractivity (Wildman–Crippen MR) is 68.1 cm³/mol. The Bertz CT molecular complexity index is 405. The second-order valence-electron chi connectivity index (χ2n) is 4.13. The smallest absolute Gasteiger partial charge is 0.410 e. The van der Waals surface area contributed by atoms with Crippen molar-refractivity contribution in [2.45, 2.75) is 12.7 Å². The summed E-state index contributed by atoms with van der Waals surface area (Å²) in [5, 5.41) is 0. The molecule has 2 rings (SSSR count). The molecule has 0 aliphatic carbocycles. The molecule has 1 atom stereocenters. The molecule has 1 aliphatic heterocycles. The van der Waals surface area contributed by atoms with E-state index in [1.54, 1.807) is 11.0 Å². The molecule has 18 heavy (non-hydrogen) atoms. The van der Waals surface area contributed by atoms with Crippen LogP contribution in [0.4, 0.5) is 4.79 Å². The zero-order valence-corrected chi connectivity index (χ0v) is 10.2. The third-order valence-electron chi connectivity index (χ3n) is 2.82. The third-order valence-corrected chi connectivity index (χ3v) is 2.82. The topological polar surface area (TPSA) is 38.8 Å². The van der Waals surface area contributed by atoms with Crippen molar-refractivity contribution in [3.63, 3.8) is 0 Å². The molecule has 1 amide bonds. The van der Waals surface area contributed by atoms with Gasteiger partial charge in [-0.05, 0) is 5.56 Å². The summed E-state index contributed by atoms with van der Waals surface area (Å²) in [6.07, 6.45) is 1.31. The van der Waals surface area contributed by atoms with Crippen LogP contribution in [-0.2, 0) is 16.1 Å². The minimum atomic E-state index is -0.297. The molecule has 96 valence electrons. The molecule has 0 aromatic heterocycles. The van der Waals surface area contributed by atoms with Crippen molar-refractivity contribution in [1.82, 2.24) is 4.90 Å². The van der Waals surface area contributed by atoms with E-state index in [9.17, 15) is 4.79 Å². The number of carbonyl (C=O) groups excluding carboxylic acids is 1. The molecule has 4 nitrogen and oxygen atoms in total. The van der Waals surface area contributed by atoms with E-state index in [-0.39, 0.29) is 12.2 Å². The third kappa shape index (κ3) is 3.34. The van der Waals surface area contributed by atoms with Crippen LogP contribution in [0.1, 0.15) is 5.56 Å². The Labute approximate surface area is 107 Å². The fourth-order valence-electron chi connectivity index (χ4n) is 1.79. The van der Waals surface area contributed by atoms with Crippen LogP contribution in [0.5, 0.6) is 0 Å². The molecule has 1 aromatic carbocycles. The lowest BCUT2D eigenvalue weighted by Crippen LogP contribution is -2.45. The summed E-state index contributed by atoms with van der Waals surface area (Å²) < 4.78 is 10.7. The van der Waals surface area contributed by atoms with E-state index in [1.807, 2.05) is 30.3 Å². The first kappa shape index (κ1) is 12.6. The molecule has 0 N–H and O–H groups in total. The summed E-state index contributed by atoms with van der Waals surface area (Å²) in [6.45, 7) is 5.57. The number of nitrogens with zero attached hydrogens (tertiary/aromatic N) is 1. The lowest BCUT2D eigenvalue weighted by Gasteiger charge is -2.30. The Balaban J connectivity index is 1.82. The van der Waals surface area contributed by atoms with Crippen molar-refractivity contribution < 1.29 is 14.3 Å². The molecule has 0 radical (unpaired) electrons. The largest absolute Gasteiger partial charge is 0.445 e. The van der Waals surface area contributed by atoms with Gasteiger partial charge < -0.3 is 14.4 Å². The molecule has 1 fully saturated rings. The molecule has 1 aliphatic rings. The highest BCUT2D eigenvalue weighted by Crippen LogP contribution is 2.09. The van der Waals surface area contributed by atoms with Crippen LogP contribution in [0, 0.1) is 0 Å². The van der Waals surface area contributed by atoms with Crippen molar-refractivity contribution in [2.75, 3.05) is 19.7 Å². The number of amides is 1. The number of benzene rings is 1. The highest BCUT2D eigenvalue weighted by molar-refractivity contribution is 5.67. The lowest BCUT2D eigenvalue weighted by atomic mass is 10.2.